The minimum absolute atomic E-state index is 0.114. The molecule has 0 bridgehead atoms. The first-order valence-corrected chi connectivity index (χ1v) is 17.7. The lowest BCUT2D eigenvalue weighted by molar-refractivity contribution is -0.156. The largest absolute Gasteiger partial charge is 0.490 e. The fraction of sp³-hybridized carbons (Fsp3) is 0.261. The Bertz CT molecular complexity index is 1960. The van der Waals surface area contributed by atoms with Crippen LogP contribution in [0.2, 0.25) is 0 Å². The second-order valence-electron chi connectivity index (χ2n) is 12.1. The van der Waals surface area contributed by atoms with Crippen LogP contribution in [0.3, 0.4) is 0 Å². The fourth-order valence-corrected chi connectivity index (χ4v) is 5.05. The molecule has 0 aliphatic carbocycles. The van der Waals surface area contributed by atoms with Gasteiger partial charge in [-0.25, -0.2) is 4.79 Å². The predicted octanol–water partition coefficient (Wildman–Crippen LogP) is 8.64. The Morgan fingerprint density at radius 1 is 0.660 bits per heavy atom. The van der Waals surface area contributed by atoms with Crippen molar-refractivity contribution < 1.29 is 33.6 Å². The number of carbonyl (C=O) groups excluding carboxylic acids is 1. The lowest BCUT2D eigenvalue weighted by Gasteiger charge is -2.15. The molecule has 7 nitrogen and oxygen atoms in total. The van der Waals surface area contributed by atoms with Crippen molar-refractivity contribution in [1.82, 2.24) is 0 Å². The fourth-order valence-electron chi connectivity index (χ4n) is 5.05. The molecule has 0 spiro atoms. The number of hydrogen-bond acceptors (Lipinski definition) is 6. The van der Waals surface area contributed by atoms with Crippen LogP contribution in [0.4, 0.5) is 0 Å². The molecule has 4 aromatic rings. The molecular formula is C46H46O7. The van der Waals surface area contributed by atoms with E-state index >= 15 is 0 Å². The quantitative estimate of drug-likeness (QED) is 0.0920. The van der Waals surface area contributed by atoms with Crippen LogP contribution in [0.5, 0.6) is 11.5 Å². The Balaban J connectivity index is 1.22. The Labute approximate surface area is 313 Å². The molecule has 272 valence electrons. The third-order valence-electron chi connectivity index (χ3n) is 8.00. The molecule has 0 radical (unpaired) electrons. The summed E-state index contributed by atoms with van der Waals surface area (Å²) in [5.41, 5.74) is 7.80. The molecule has 0 aliphatic rings. The van der Waals surface area contributed by atoms with Gasteiger partial charge >= 0.3 is 11.9 Å². The van der Waals surface area contributed by atoms with Gasteiger partial charge in [-0.3, -0.25) is 4.79 Å². The highest BCUT2D eigenvalue weighted by Crippen LogP contribution is 2.21. The summed E-state index contributed by atoms with van der Waals surface area (Å²) >= 11 is 0. The number of aliphatic carboxylic acids is 1. The number of aryl methyl sites for hydroxylation is 1. The Kier molecular flexibility index (Phi) is 16.0. The number of carboxylic acids is 1. The van der Waals surface area contributed by atoms with Gasteiger partial charge in [0.05, 0.1) is 6.61 Å². The van der Waals surface area contributed by atoms with Gasteiger partial charge in [-0.2, -0.15) is 0 Å². The third kappa shape index (κ3) is 14.3. The van der Waals surface area contributed by atoms with E-state index in [1.807, 2.05) is 106 Å². The number of allylic oxidation sites excluding steroid dienone is 2. The first-order chi connectivity index (χ1) is 25.7. The van der Waals surface area contributed by atoms with Gasteiger partial charge in [0.2, 0.25) is 0 Å². The van der Waals surface area contributed by atoms with Crippen molar-refractivity contribution >= 4 is 11.9 Å². The first kappa shape index (κ1) is 39.8. The van der Waals surface area contributed by atoms with Gasteiger partial charge in [0.1, 0.15) is 24.7 Å². The van der Waals surface area contributed by atoms with Gasteiger partial charge in [0.25, 0.3) is 0 Å². The summed E-state index contributed by atoms with van der Waals surface area (Å²) in [6.07, 6.45) is 4.33. The normalized spacial score (nSPS) is 11.7. The van der Waals surface area contributed by atoms with E-state index in [9.17, 15) is 9.59 Å². The van der Waals surface area contributed by atoms with Crippen molar-refractivity contribution in [2.75, 3.05) is 26.4 Å². The number of ether oxygens (including phenoxy) is 4. The number of esters is 1. The number of benzene rings is 4. The van der Waals surface area contributed by atoms with Gasteiger partial charge in [0, 0.05) is 30.6 Å². The van der Waals surface area contributed by atoms with Crippen molar-refractivity contribution in [2.24, 2.45) is 0 Å². The zero-order chi connectivity index (χ0) is 37.8. The third-order valence-corrected chi connectivity index (χ3v) is 8.00. The average Bonchev–Trinajstić information content (AvgIpc) is 3.17. The Hall–Kier alpha value is -6.02. The maximum atomic E-state index is 12.1. The van der Waals surface area contributed by atoms with Crippen LogP contribution in [-0.2, 0) is 31.9 Å². The number of hydrogen-bond donors (Lipinski definition) is 1. The van der Waals surface area contributed by atoms with Gasteiger partial charge in [0.15, 0.2) is 6.10 Å². The van der Waals surface area contributed by atoms with Crippen LogP contribution in [0.15, 0.2) is 120 Å². The Morgan fingerprint density at radius 3 is 1.57 bits per heavy atom. The molecule has 0 aromatic heterocycles. The average molecular weight is 711 g/mol. The van der Waals surface area contributed by atoms with E-state index in [0.717, 1.165) is 56.0 Å². The van der Waals surface area contributed by atoms with Crippen LogP contribution in [0, 0.1) is 23.7 Å². The van der Waals surface area contributed by atoms with Crippen molar-refractivity contribution in [3.8, 4) is 46.3 Å². The molecule has 7 heteroatoms. The molecule has 0 aliphatic heterocycles. The van der Waals surface area contributed by atoms with Crippen LogP contribution < -0.4 is 9.47 Å². The molecule has 1 atom stereocenters. The molecule has 53 heavy (non-hydrogen) atoms. The lowest BCUT2D eigenvalue weighted by Crippen LogP contribution is -2.28. The van der Waals surface area contributed by atoms with E-state index in [1.165, 1.54) is 0 Å². The SMILES string of the molecule is CCOC(=O)C(Cc1ccc(OCC=C(C)C#Cc2ccc(-c3ccc(C#CC(C)=CCOc4ccc(CCC(=O)O)cc4)cc3)cc2)cc1)OCC. The Morgan fingerprint density at radius 2 is 1.13 bits per heavy atom. The predicted molar refractivity (Wildman–Crippen MR) is 209 cm³/mol. The van der Waals surface area contributed by atoms with Gasteiger partial charge in [-0.05, 0) is 128 Å². The smallest absolute Gasteiger partial charge is 0.335 e. The molecule has 0 amide bonds. The standard InChI is InChI=1S/C46H46O7/c1-5-50-44(46(49)51-6-2)33-39-17-26-43(27-18-39)53-32-30-35(4)8-10-37-13-22-41(23-14-37)40-20-11-36(12-21-40)9-7-34(3)29-31-52-42-24-15-38(16-25-42)19-28-45(47)48/h11-18,20-27,29-30,44H,5-6,19,28,31-33H2,1-4H3,(H,47,48). The summed E-state index contributed by atoms with van der Waals surface area (Å²) < 4.78 is 22.3. The summed E-state index contributed by atoms with van der Waals surface area (Å²) in [6.45, 7) is 9.10. The monoisotopic (exact) mass is 710 g/mol. The minimum atomic E-state index is -0.802. The topological polar surface area (TPSA) is 91.3 Å². The molecule has 0 fully saturated rings. The van der Waals surface area contributed by atoms with E-state index in [1.54, 1.807) is 6.92 Å². The van der Waals surface area contributed by atoms with Crippen LogP contribution in [-0.4, -0.2) is 49.6 Å². The zero-order valence-corrected chi connectivity index (χ0v) is 30.8. The summed E-state index contributed by atoms with van der Waals surface area (Å²) in [7, 11) is 0. The van der Waals surface area contributed by atoms with Crippen LogP contribution >= 0.6 is 0 Å². The van der Waals surface area contributed by atoms with E-state index in [4.69, 9.17) is 24.1 Å². The molecule has 4 aromatic carbocycles. The summed E-state index contributed by atoms with van der Waals surface area (Å²) in [5.74, 6) is 13.1. The molecule has 0 saturated heterocycles. The second-order valence-corrected chi connectivity index (χ2v) is 12.1. The summed E-state index contributed by atoms with van der Waals surface area (Å²) in [5, 5.41) is 8.83. The molecule has 0 saturated carbocycles. The van der Waals surface area contributed by atoms with Crippen LogP contribution in [0.1, 0.15) is 56.4 Å². The first-order valence-electron chi connectivity index (χ1n) is 17.7. The zero-order valence-electron chi connectivity index (χ0n) is 30.8. The second kappa shape index (κ2) is 21.4. The molecule has 1 unspecified atom stereocenters. The maximum absolute atomic E-state index is 12.1. The maximum Gasteiger partial charge on any atom is 0.335 e. The number of rotatable bonds is 16. The molecule has 1 N–H and O–H groups in total. The highest BCUT2D eigenvalue weighted by atomic mass is 16.6. The minimum Gasteiger partial charge on any atom is -0.490 e. The number of carbonyl (C=O) groups is 2. The number of carboxylic acid groups (broad SMARTS) is 1. The molecular weight excluding hydrogens is 664 g/mol. The van der Waals surface area contributed by atoms with Crippen molar-refractivity contribution in [3.05, 3.63) is 143 Å². The van der Waals surface area contributed by atoms with E-state index in [0.29, 0.717) is 39.3 Å². The summed E-state index contributed by atoms with van der Waals surface area (Å²) in [4.78, 5) is 22.9. The van der Waals surface area contributed by atoms with Gasteiger partial charge in [-0.1, -0.05) is 72.2 Å². The van der Waals surface area contributed by atoms with Gasteiger partial charge < -0.3 is 24.1 Å². The van der Waals surface area contributed by atoms with E-state index < -0.39 is 12.1 Å². The highest BCUT2D eigenvalue weighted by molar-refractivity contribution is 5.75. The summed E-state index contributed by atoms with van der Waals surface area (Å²) in [6, 6.07) is 31.4. The van der Waals surface area contributed by atoms with E-state index in [-0.39, 0.29) is 12.4 Å². The lowest BCUT2D eigenvalue weighted by atomic mass is 10.0. The highest BCUT2D eigenvalue weighted by Gasteiger charge is 2.20. The van der Waals surface area contributed by atoms with Crippen molar-refractivity contribution in [2.45, 2.75) is 53.1 Å². The van der Waals surface area contributed by atoms with Crippen molar-refractivity contribution in [1.29, 1.82) is 0 Å². The van der Waals surface area contributed by atoms with Crippen molar-refractivity contribution in [3.63, 3.8) is 0 Å². The van der Waals surface area contributed by atoms with Crippen LogP contribution in [0.25, 0.3) is 11.1 Å². The molecule has 0 heterocycles. The molecule has 4 rings (SSSR count). The van der Waals surface area contributed by atoms with Gasteiger partial charge in [-0.15, -0.1) is 0 Å². The van der Waals surface area contributed by atoms with E-state index in [2.05, 4.69) is 47.9 Å².